The van der Waals surface area contributed by atoms with Crippen molar-refractivity contribution in [3.8, 4) is 23.0 Å². The van der Waals surface area contributed by atoms with E-state index in [2.05, 4.69) is 10.3 Å². The maximum Gasteiger partial charge on any atom is 0.338 e. The molecule has 0 aromatic heterocycles. The number of unbranched alkanes of at least 4 members (excludes halogenated alkanes) is 1. The maximum atomic E-state index is 12.4. The van der Waals surface area contributed by atoms with E-state index in [4.69, 9.17) is 30.4 Å². The molecule has 1 amide bonds. The number of amides is 1. The van der Waals surface area contributed by atoms with E-state index in [1.807, 2.05) is 0 Å². The van der Waals surface area contributed by atoms with E-state index in [9.17, 15) is 19.5 Å². The summed E-state index contributed by atoms with van der Waals surface area (Å²) in [7, 11) is 2.69. The van der Waals surface area contributed by atoms with Crippen LogP contribution in [0, 0.1) is 0 Å². The van der Waals surface area contributed by atoms with Crippen LogP contribution in [0.5, 0.6) is 23.0 Å². The van der Waals surface area contributed by atoms with E-state index in [1.165, 1.54) is 38.5 Å². The van der Waals surface area contributed by atoms with Gasteiger partial charge in [0, 0.05) is 13.1 Å². The molecule has 0 spiro atoms. The predicted molar refractivity (Wildman–Crippen MR) is 130 cm³/mol. The molecule has 12 nitrogen and oxygen atoms in total. The number of nitrogens with one attached hydrogen (secondary N) is 1. The Hall–Kier alpha value is -4.48. The summed E-state index contributed by atoms with van der Waals surface area (Å²) in [5.74, 6) is -1.85. The lowest BCUT2D eigenvalue weighted by Crippen LogP contribution is -2.27. The number of para-hydroxylation sites is 1. The van der Waals surface area contributed by atoms with Crippen LogP contribution in [-0.4, -0.2) is 62.8 Å². The summed E-state index contributed by atoms with van der Waals surface area (Å²) in [5.41, 5.74) is 10.7. The van der Waals surface area contributed by atoms with Crippen LogP contribution in [0.3, 0.4) is 0 Å². The van der Waals surface area contributed by atoms with Crippen LogP contribution in [0.2, 0.25) is 0 Å². The summed E-state index contributed by atoms with van der Waals surface area (Å²) in [6.45, 7) is 0.552. The Bertz CT molecular complexity index is 1070. The number of aliphatic imine (C=N–C) groups is 1. The van der Waals surface area contributed by atoms with Gasteiger partial charge in [-0.2, -0.15) is 0 Å². The second-order valence-electron chi connectivity index (χ2n) is 7.36. The number of benzene rings is 2. The topological polar surface area (TPSA) is 185 Å². The Morgan fingerprint density at radius 1 is 1.03 bits per heavy atom. The number of hydrogen-bond acceptors (Lipinski definition) is 9. The number of nitrogens with two attached hydrogens (primary N) is 2. The molecule has 0 saturated carbocycles. The van der Waals surface area contributed by atoms with Gasteiger partial charge in [0.1, 0.15) is 5.75 Å². The summed E-state index contributed by atoms with van der Waals surface area (Å²) in [5, 5.41) is 12.3. The Labute approximate surface area is 208 Å². The first-order valence-electron chi connectivity index (χ1n) is 11.0. The molecule has 6 N–H and O–H groups in total. The molecule has 0 aliphatic rings. The van der Waals surface area contributed by atoms with Crippen molar-refractivity contribution in [2.45, 2.75) is 19.3 Å². The van der Waals surface area contributed by atoms with E-state index in [-0.39, 0.29) is 59.7 Å². The minimum Gasteiger partial charge on any atom is -0.507 e. The average molecular weight is 503 g/mol. The average Bonchev–Trinajstić information content (AvgIpc) is 2.85. The van der Waals surface area contributed by atoms with Gasteiger partial charge >= 0.3 is 11.9 Å². The minimum absolute atomic E-state index is 0.00389. The summed E-state index contributed by atoms with van der Waals surface area (Å²) < 4.78 is 21.2. The van der Waals surface area contributed by atoms with Gasteiger partial charge < -0.3 is 40.8 Å². The van der Waals surface area contributed by atoms with Crippen LogP contribution in [-0.2, 0) is 9.53 Å². The minimum atomic E-state index is -0.680. The van der Waals surface area contributed by atoms with E-state index in [0.29, 0.717) is 19.4 Å². The molecule has 0 heterocycles. The fraction of sp³-hybridized carbons (Fsp3) is 0.333. The Morgan fingerprint density at radius 3 is 2.31 bits per heavy atom. The number of phenolic OH excluding ortho intramolecular Hbond substituents is 1. The Balaban J connectivity index is 1.95. The first-order chi connectivity index (χ1) is 17.3. The number of nitrogens with zero attached hydrogens (tertiary/aromatic N) is 1. The van der Waals surface area contributed by atoms with Crippen molar-refractivity contribution in [1.29, 1.82) is 0 Å². The molecule has 2 aromatic rings. The molecule has 0 aliphatic carbocycles. The maximum absolute atomic E-state index is 12.4. The highest BCUT2D eigenvalue weighted by atomic mass is 16.6. The highest BCUT2D eigenvalue weighted by Crippen LogP contribution is 2.39. The summed E-state index contributed by atoms with van der Waals surface area (Å²) in [6.07, 6.45) is 1.03. The SMILES string of the molecule is COc1cc(C(=O)OCCCCN=C(N)N)cc(OC)c1OC(=O)CCNC(=O)c1ccccc1O. The molecule has 0 atom stereocenters. The number of rotatable bonds is 13. The first kappa shape index (κ1) is 27.8. The molecule has 0 aliphatic heterocycles. The summed E-state index contributed by atoms with van der Waals surface area (Å²) in [6, 6.07) is 8.77. The van der Waals surface area contributed by atoms with E-state index in [0.717, 1.165) is 0 Å². The van der Waals surface area contributed by atoms with Gasteiger partial charge in [-0.1, -0.05) is 12.1 Å². The van der Waals surface area contributed by atoms with Crippen LogP contribution < -0.4 is 31.0 Å². The molecule has 12 heteroatoms. The number of phenols is 1. The zero-order chi connectivity index (χ0) is 26.5. The number of esters is 2. The zero-order valence-corrected chi connectivity index (χ0v) is 20.1. The number of hydrogen-bond donors (Lipinski definition) is 4. The van der Waals surface area contributed by atoms with Gasteiger partial charge in [0.15, 0.2) is 17.5 Å². The highest BCUT2D eigenvalue weighted by molar-refractivity contribution is 5.97. The van der Waals surface area contributed by atoms with Gasteiger partial charge in [0.25, 0.3) is 5.91 Å². The monoisotopic (exact) mass is 502 g/mol. The molecule has 0 saturated heterocycles. The third-order valence-corrected chi connectivity index (χ3v) is 4.76. The molecule has 0 fully saturated rings. The van der Waals surface area contributed by atoms with Gasteiger partial charge in [-0.15, -0.1) is 0 Å². The van der Waals surface area contributed by atoms with Gasteiger partial charge in [0.2, 0.25) is 5.75 Å². The van der Waals surface area contributed by atoms with Crippen molar-refractivity contribution in [3.63, 3.8) is 0 Å². The molecular formula is C24H30N4O8. The lowest BCUT2D eigenvalue weighted by molar-refractivity contribution is -0.134. The van der Waals surface area contributed by atoms with Crippen LogP contribution in [0.25, 0.3) is 0 Å². The number of carbonyl (C=O) groups is 3. The summed E-state index contributed by atoms with van der Waals surface area (Å²) >= 11 is 0. The van der Waals surface area contributed by atoms with E-state index in [1.54, 1.807) is 12.1 Å². The zero-order valence-electron chi connectivity index (χ0n) is 20.1. The lowest BCUT2D eigenvalue weighted by atomic mass is 10.2. The van der Waals surface area contributed by atoms with Crippen molar-refractivity contribution < 1.29 is 38.4 Å². The highest BCUT2D eigenvalue weighted by Gasteiger charge is 2.21. The van der Waals surface area contributed by atoms with E-state index < -0.39 is 17.8 Å². The van der Waals surface area contributed by atoms with Crippen LogP contribution in [0.4, 0.5) is 0 Å². The normalized spacial score (nSPS) is 10.2. The number of methoxy groups -OCH3 is 2. The molecule has 2 rings (SSSR count). The second-order valence-corrected chi connectivity index (χ2v) is 7.36. The largest absolute Gasteiger partial charge is 0.507 e. The number of aromatic hydroxyl groups is 1. The molecular weight excluding hydrogens is 472 g/mol. The lowest BCUT2D eigenvalue weighted by Gasteiger charge is -2.15. The number of carbonyl (C=O) groups excluding carboxylic acids is 3. The third-order valence-electron chi connectivity index (χ3n) is 4.76. The molecule has 2 aromatic carbocycles. The van der Waals surface area contributed by atoms with Crippen molar-refractivity contribution in [2.75, 3.05) is 33.9 Å². The summed E-state index contributed by atoms with van der Waals surface area (Å²) in [4.78, 5) is 40.8. The van der Waals surface area contributed by atoms with Crippen molar-refractivity contribution >= 4 is 23.8 Å². The van der Waals surface area contributed by atoms with Crippen molar-refractivity contribution in [3.05, 3.63) is 47.5 Å². The quantitative estimate of drug-likeness (QED) is 0.102. The first-order valence-corrected chi connectivity index (χ1v) is 11.0. The number of guanidine groups is 1. The van der Waals surface area contributed by atoms with Gasteiger partial charge in [-0.05, 0) is 37.1 Å². The van der Waals surface area contributed by atoms with Gasteiger partial charge in [-0.3, -0.25) is 14.6 Å². The second kappa shape index (κ2) is 14.0. The molecule has 0 unspecified atom stereocenters. The van der Waals surface area contributed by atoms with Gasteiger partial charge in [0.05, 0.1) is 38.4 Å². The van der Waals surface area contributed by atoms with Gasteiger partial charge in [-0.25, -0.2) is 4.79 Å². The predicted octanol–water partition coefficient (Wildman–Crippen LogP) is 1.35. The molecule has 194 valence electrons. The fourth-order valence-corrected chi connectivity index (χ4v) is 2.97. The standard InChI is InChI=1S/C24H30N4O8/c1-33-18-13-15(23(32)35-12-6-5-10-28-24(25)26)14-19(34-2)21(18)36-20(30)9-11-27-22(31)16-7-3-4-8-17(16)29/h3-4,7-8,13-14,29H,5-6,9-12H2,1-2H3,(H,27,31)(H4,25,26,28). The smallest absolute Gasteiger partial charge is 0.338 e. The fourth-order valence-electron chi connectivity index (χ4n) is 2.97. The van der Waals surface area contributed by atoms with Crippen LogP contribution >= 0.6 is 0 Å². The Kier molecular flexibility index (Phi) is 10.8. The molecule has 36 heavy (non-hydrogen) atoms. The van der Waals surface area contributed by atoms with E-state index >= 15 is 0 Å². The number of ether oxygens (including phenoxy) is 4. The van der Waals surface area contributed by atoms with Crippen LogP contribution in [0.15, 0.2) is 41.4 Å². The third kappa shape index (κ3) is 8.38. The van der Waals surface area contributed by atoms with Crippen LogP contribution in [0.1, 0.15) is 40.0 Å². The Morgan fingerprint density at radius 2 is 1.69 bits per heavy atom. The van der Waals surface area contributed by atoms with Crippen molar-refractivity contribution in [2.24, 2.45) is 16.5 Å². The molecule has 0 radical (unpaired) electrons. The molecule has 0 bridgehead atoms. The van der Waals surface area contributed by atoms with Crippen molar-refractivity contribution in [1.82, 2.24) is 5.32 Å².